The first kappa shape index (κ1) is 11.1. The molecule has 0 aliphatic carbocycles. The lowest BCUT2D eigenvalue weighted by Gasteiger charge is -2.06. The number of rotatable bonds is 3. The van der Waals surface area contributed by atoms with E-state index in [4.69, 9.17) is 5.21 Å². The zero-order valence-electron chi connectivity index (χ0n) is 9.15. The number of hydrogen-bond acceptors (Lipinski definition) is 3. The third-order valence-electron chi connectivity index (χ3n) is 2.45. The van der Waals surface area contributed by atoms with Gasteiger partial charge in [-0.2, -0.15) is 0 Å². The number of hydrogen-bond donors (Lipinski definition) is 1. The quantitative estimate of drug-likeness (QED) is 0.494. The first-order valence-electron chi connectivity index (χ1n) is 5.23. The molecule has 0 radical (unpaired) electrons. The molecule has 0 aliphatic rings. The molecule has 1 N–H and O–H groups in total. The van der Waals surface area contributed by atoms with Gasteiger partial charge in [-0.25, -0.2) is 0 Å². The normalized spacial score (nSPS) is 11.4. The van der Waals surface area contributed by atoms with Crippen molar-refractivity contribution in [3.05, 3.63) is 70.6 Å². The summed E-state index contributed by atoms with van der Waals surface area (Å²) in [6.07, 6.45) is 1.66. The molecule has 0 amide bonds. The molecule has 0 aliphatic heterocycles. The molecule has 2 aromatic rings. The predicted octanol–water partition coefficient (Wildman–Crippen LogP) is 1.73. The fraction of sp³-hybridized carbons (Fsp3) is 0.0769. The molecule has 86 valence electrons. The number of pyridine rings is 1. The minimum atomic E-state index is -0.121. The van der Waals surface area contributed by atoms with Crippen molar-refractivity contribution in [3.8, 4) is 0 Å². The number of benzene rings is 1. The topological polar surface area (TPSA) is 54.6 Å². The lowest BCUT2D eigenvalue weighted by Crippen LogP contribution is -2.23. The molecule has 1 aromatic heterocycles. The number of oxime groups is 1. The summed E-state index contributed by atoms with van der Waals surface area (Å²) in [4.78, 5) is 11.5. The smallest absolute Gasteiger partial charge is 0.250 e. The third kappa shape index (κ3) is 2.60. The largest absolute Gasteiger partial charge is 0.411 e. The van der Waals surface area contributed by atoms with E-state index in [1.54, 1.807) is 18.3 Å². The van der Waals surface area contributed by atoms with E-state index in [9.17, 15) is 4.79 Å². The zero-order valence-corrected chi connectivity index (χ0v) is 9.15. The van der Waals surface area contributed by atoms with Crippen LogP contribution in [0, 0.1) is 0 Å². The van der Waals surface area contributed by atoms with Gasteiger partial charge in [-0.3, -0.25) is 4.79 Å². The summed E-state index contributed by atoms with van der Waals surface area (Å²) in [6.45, 7) is 0.250. The van der Waals surface area contributed by atoms with Gasteiger partial charge in [0, 0.05) is 17.8 Å². The molecular formula is C13H12N2O2. The molecular weight excluding hydrogens is 216 g/mol. The van der Waals surface area contributed by atoms with E-state index in [1.807, 2.05) is 30.3 Å². The Morgan fingerprint density at radius 3 is 2.47 bits per heavy atom. The van der Waals surface area contributed by atoms with Crippen molar-refractivity contribution < 1.29 is 5.21 Å². The van der Waals surface area contributed by atoms with Crippen LogP contribution in [0.4, 0.5) is 0 Å². The summed E-state index contributed by atoms with van der Waals surface area (Å²) in [5.41, 5.74) is 1.13. The molecule has 0 bridgehead atoms. The molecule has 0 fully saturated rings. The lowest BCUT2D eigenvalue weighted by molar-refractivity contribution is 0.317. The van der Waals surface area contributed by atoms with Crippen molar-refractivity contribution in [2.75, 3.05) is 0 Å². The number of nitrogens with zero attached hydrogens (tertiary/aromatic N) is 2. The summed E-state index contributed by atoms with van der Waals surface area (Å²) in [6, 6.07) is 14.2. The van der Waals surface area contributed by atoms with Gasteiger partial charge < -0.3 is 9.77 Å². The van der Waals surface area contributed by atoms with Crippen molar-refractivity contribution in [1.82, 2.24) is 4.57 Å². The highest BCUT2D eigenvalue weighted by atomic mass is 16.4. The molecule has 0 saturated carbocycles. The van der Waals surface area contributed by atoms with E-state index in [0.29, 0.717) is 5.71 Å². The maximum atomic E-state index is 11.5. The van der Waals surface area contributed by atoms with Gasteiger partial charge >= 0.3 is 0 Å². The average molecular weight is 228 g/mol. The van der Waals surface area contributed by atoms with Crippen LogP contribution in [0.5, 0.6) is 0 Å². The van der Waals surface area contributed by atoms with E-state index in [-0.39, 0.29) is 12.1 Å². The second-order valence-electron chi connectivity index (χ2n) is 3.58. The summed E-state index contributed by atoms with van der Waals surface area (Å²) < 4.78 is 1.49. The van der Waals surface area contributed by atoms with Crippen molar-refractivity contribution in [2.45, 2.75) is 6.54 Å². The molecule has 1 heterocycles. The fourth-order valence-corrected chi connectivity index (χ4v) is 1.56. The predicted molar refractivity (Wildman–Crippen MR) is 65.5 cm³/mol. The third-order valence-corrected chi connectivity index (χ3v) is 2.45. The molecule has 1 aromatic carbocycles. The first-order valence-corrected chi connectivity index (χ1v) is 5.23. The average Bonchev–Trinajstić information content (AvgIpc) is 2.39. The van der Waals surface area contributed by atoms with Crippen LogP contribution in [0.2, 0.25) is 0 Å². The fourth-order valence-electron chi connectivity index (χ4n) is 1.56. The van der Waals surface area contributed by atoms with Crippen LogP contribution >= 0.6 is 0 Å². The maximum absolute atomic E-state index is 11.5. The molecule has 17 heavy (non-hydrogen) atoms. The zero-order chi connectivity index (χ0) is 12.1. The van der Waals surface area contributed by atoms with E-state index in [1.165, 1.54) is 10.6 Å². The molecule has 4 nitrogen and oxygen atoms in total. The Labute approximate surface area is 98.5 Å². The van der Waals surface area contributed by atoms with Gasteiger partial charge in [0.25, 0.3) is 5.56 Å². The van der Waals surface area contributed by atoms with Gasteiger partial charge in [-0.1, -0.05) is 41.6 Å². The summed E-state index contributed by atoms with van der Waals surface area (Å²) in [7, 11) is 0. The van der Waals surface area contributed by atoms with Crippen LogP contribution in [0.1, 0.15) is 5.56 Å². The highest BCUT2D eigenvalue weighted by Gasteiger charge is 2.05. The monoisotopic (exact) mass is 228 g/mol. The lowest BCUT2D eigenvalue weighted by atomic mass is 10.1. The van der Waals surface area contributed by atoms with Crippen LogP contribution in [0.3, 0.4) is 0 Å². The van der Waals surface area contributed by atoms with Gasteiger partial charge in [-0.05, 0) is 6.07 Å². The van der Waals surface area contributed by atoms with Crippen LogP contribution in [0.15, 0.2) is 64.7 Å². The van der Waals surface area contributed by atoms with E-state index >= 15 is 0 Å². The van der Waals surface area contributed by atoms with Crippen molar-refractivity contribution in [2.24, 2.45) is 5.16 Å². The molecule has 2 rings (SSSR count). The van der Waals surface area contributed by atoms with Crippen LogP contribution in [0.25, 0.3) is 0 Å². The summed E-state index contributed by atoms with van der Waals surface area (Å²) >= 11 is 0. The minimum Gasteiger partial charge on any atom is -0.411 e. The Morgan fingerprint density at radius 2 is 1.82 bits per heavy atom. The number of aromatic nitrogens is 1. The van der Waals surface area contributed by atoms with E-state index in [2.05, 4.69) is 5.16 Å². The highest BCUT2D eigenvalue weighted by molar-refractivity contribution is 5.99. The molecule has 0 unspecified atom stereocenters. The molecule has 0 saturated heterocycles. The van der Waals surface area contributed by atoms with Gasteiger partial charge in [0.1, 0.15) is 5.71 Å². The SMILES string of the molecule is O=c1ccccn1CC(=NO)c1ccccc1. The van der Waals surface area contributed by atoms with Crippen LogP contribution in [-0.4, -0.2) is 15.5 Å². The first-order chi connectivity index (χ1) is 8.31. The summed E-state index contributed by atoms with van der Waals surface area (Å²) in [5, 5.41) is 12.3. The summed E-state index contributed by atoms with van der Waals surface area (Å²) in [5.74, 6) is 0. The van der Waals surface area contributed by atoms with Crippen molar-refractivity contribution >= 4 is 5.71 Å². The standard InChI is InChI=1S/C13H12N2O2/c16-13-8-4-5-9-15(13)10-12(14-17)11-6-2-1-3-7-11/h1-9,17H,10H2. The van der Waals surface area contributed by atoms with E-state index < -0.39 is 0 Å². The Balaban J connectivity index is 2.29. The molecule has 0 spiro atoms. The molecule has 4 heteroatoms. The highest BCUT2D eigenvalue weighted by Crippen LogP contribution is 2.02. The Kier molecular flexibility index (Phi) is 3.35. The van der Waals surface area contributed by atoms with Gasteiger partial charge in [0.2, 0.25) is 0 Å². The minimum absolute atomic E-state index is 0.121. The second kappa shape index (κ2) is 5.12. The maximum Gasteiger partial charge on any atom is 0.250 e. The molecule has 0 atom stereocenters. The van der Waals surface area contributed by atoms with Gasteiger partial charge in [-0.15, -0.1) is 0 Å². The Bertz CT molecular complexity index is 573. The Hall–Kier alpha value is -2.36. The Morgan fingerprint density at radius 1 is 1.12 bits per heavy atom. The van der Waals surface area contributed by atoms with Crippen LogP contribution < -0.4 is 5.56 Å². The van der Waals surface area contributed by atoms with E-state index in [0.717, 1.165) is 5.56 Å². The van der Waals surface area contributed by atoms with Gasteiger partial charge in [0.05, 0.1) is 6.54 Å². The van der Waals surface area contributed by atoms with Crippen LogP contribution in [-0.2, 0) is 6.54 Å². The van der Waals surface area contributed by atoms with Gasteiger partial charge in [0.15, 0.2) is 0 Å². The van der Waals surface area contributed by atoms with Crippen molar-refractivity contribution in [1.29, 1.82) is 0 Å². The van der Waals surface area contributed by atoms with Crippen molar-refractivity contribution in [3.63, 3.8) is 0 Å². The second-order valence-corrected chi connectivity index (χ2v) is 3.58.